The van der Waals surface area contributed by atoms with Crippen molar-refractivity contribution in [1.29, 1.82) is 0 Å². The maximum absolute atomic E-state index is 5.92. The number of pyridine rings is 1. The molecule has 4 nitrogen and oxygen atoms in total. The number of hydrogen-bond acceptors (Lipinski definition) is 5. The SMILES string of the molecule is Nc1ccccc1CNc1csc(-c2ccncc2)n1. The van der Waals surface area contributed by atoms with Crippen LogP contribution in [0.2, 0.25) is 0 Å². The molecule has 2 heterocycles. The van der Waals surface area contributed by atoms with E-state index in [-0.39, 0.29) is 0 Å². The highest BCUT2D eigenvalue weighted by molar-refractivity contribution is 7.13. The number of para-hydroxylation sites is 1. The number of nitrogens with zero attached hydrogens (tertiary/aromatic N) is 2. The molecule has 3 N–H and O–H groups in total. The van der Waals surface area contributed by atoms with Crippen LogP contribution in [0, 0.1) is 0 Å². The summed E-state index contributed by atoms with van der Waals surface area (Å²) in [4.78, 5) is 8.57. The fourth-order valence-electron chi connectivity index (χ4n) is 1.86. The molecule has 0 aliphatic heterocycles. The Labute approximate surface area is 121 Å². The Hall–Kier alpha value is -2.40. The van der Waals surface area contributed by atoms with Gasteiger partial charge >= 0.3 is 0 Å². The number of benzene rings is 1. The molecule has 0 fully saturated rings. The van der Waals surface area contributed by atoms with Crippen molar-refractivity contribution in [1.82, 2.24) is 9.97 Å². The summed E-state index contributed by atoms with van der Waals surface area (Å²) >= 11 is 1.61. The second-order valence-corrected chi connectivity index (χ2v) is 5.18. The van der Waals surface area contributed by atoms with E-state index < -0.39 is 0 Å². The first-order valence-corrected chi connectivity index (χ1v) is 7.14. The minimum absolute atomic E-state index is 0.673. The molecule has 0 bridgehead atoms. The first-order chi connectivity index (χ1) is 9.83. The Morgan fingerprint density at radius 2 is 1.90 bits per heavy atom. The van der Waals surface area contributed by atoms with E-state index in [1.807, 2.05) is 41.8 Å². The van der Waals surface area contributed by atoms with E-state index in [0.29, 0.717) is 6.54 Å². The summed E-state index contributed by atoms with van der Waals surface area (Å²) in [7, 11) is 0. The molecule has 0 amide bonds. The Morgan fingerprint density at radius 3 is 2.70 bits per heavy atom. The average Bonchev–Trinajstić information content (AvgIpc) is 2.96. The molecule has 0 aliphatic carbocycles. The third-order valence-electron chi connectivity index (χ3n) is 2.95. The molecular formula is C15H14N4S. The fourth-order valence-corrected chi connectivity index (χ4v) is 2.65. The van der Waals surface area contributed by atoms with E-state index in [1.54, 1.807) is 23.7 Å². The Morgan fingerprint density at radius 1 is 1.10 bits per heavy atom. The molecule has 0 spiro atoms. The third kappa shape index (κ3) is 2.78. The third-order valence-corrected chi connectivity index (χ3v) is 3.84. The van der Waals surface area contributed by atoms with E-state index in [4.69, 9.17) is 5.73 Å². The van der Waals surface area contributed by atoms with Gasteiger partial charge in [0.25, 0.3) is 0 Å². The van der Waals surface area contributed by atoms with Gasteiger partial charge in [-0.05, 0) is 23.8 Å². The highest BCUT2D eigenvalue weighted by Gasteiger charge is 2.04. The summed E-state index contributed by atoms with van der Waals surface area (Å²) in [5.41, 5.74) is 8.87. The molecule has 5 heteroatoms. The minimum atomic E-state index is 0.673. The van der Waals surface area contributed by atoms with Crippen LogP contribution in [-0.2, 0) is 6.54 Å². The number of nitrogen functional groups attached to an aromatic ring is 1. The van der Waals surface area contributed by atoms with Gasteiger partial charge in [-0.25, -0.2) is 4.98 Å². The van der Waals surface area contributed by atoms with Crippen molar-refractivity contribution < 1.29 is 0 Å². The zero-order valence-electron chi connectivity index (χ0n) is 10.8. The van der Waals surface area contributed by atoms with Crippen LogP contribution in [0.25, 0.3) is 10.6 Å². The lowest BCUT2D eigenvalue weighted by molar-refractivity contribution is 1.13. The van der Waals surface area contributed by atoms with Crippen LogP contribution in [0.15, 0.2) is 54.2 Å². The van der Waals surface area contributed by atoms with Crippen LogP contribution >= 0.6 is 11.3 Å². The quantitative estimate of drug-likeness (QED) is 0.720. The van der Waals surface area contributed by atoms with Gasteiger partial charge in [0.1, 0.15) is 10.8 Å². The lowest BCUT2D eigenvalue weighted by atomic mass is 10.2. The molecular weight excluding hydrogens is 268 g/mol. The minimum Gasteiger partial charge on any atom is -0.398 e. The molecule has 0 aliphatic rings. The molecule has 100 valence electrons. The van der Waals surface area contributed by atoms with Gasteiger partial charge in [-0.15, -0.1) is 11.3 Å². The smallest absolute Gasteiger partial charge is 0.138 e. The molecule has 0 atom stereocenters. The van der Waals surface area contributed by atoms with Crippen LogP contribution in [0.1, 0.15) is 5.56 Å². The van der Waals surface area contributed by atoms with Gasteiger partial charge in [-0.2, -0.15) is 0 Å². The zero-order valence-corrected chi connectivity index (χ0v) is 11.6. The van der Waals surface area contributed by atoms with Gasteiger partial charge in [0.15, 0.2) is 0 Å². The predicted molar refractivity (Wildman–Crippen MR) is 83.5 cm³/mol. The van der Waals surface area contributed by atoms with E-state index in [9.17, 15) is 0 Å². The van der Waals surface area contributed by atoms with Crippen LogP contribution in [0.4, 0.5) is 11.5 Å². The maximum Gasteiger partial charge on any atom is 0.138 e. The topological polar surface area (TPSA) is 63.8 Å². The average molecular weight is 282 g/mol. The summed E-state index contributed by atoms with van der Waals surface area (Å²) in [6.45, 7) is 0.673. The normalized spacial score (nSPS) is 10.4. The van der Waals surface area contributed by atoms with Crippen LogP contribution in [0.5, 0.6) is 0 Å². The summed E-state index contributed by atoms with van der Waals surface area (Å²) in [5, 5.41) is 6.29. The second-order valence-electron chi connectivity index (χ2n) is 4.33. The van der Waals surface area contributed by atoms with Crippen LogP contribution < -0.4 is 11.1 Å². The molecule has 0 saturated carbocycles. The first kappa shape index (κ1) is 12.6. The van der Waals surface area contributed by atoms with Gasteiger partial charge in [0.2, 0.25) is 0 Å². The lowest BCUT2D eigenvalue weighted by Gasteiger charge is -2.05. The number of hydrogen-bond donors (Lipinski definition) is 2. The molecule has 20 heavy (non-hydrogen) atoms. The highest BCUT2D eigenvalue weighted by Crippen LogP contribution is 2.25. The van der Waals surface area contributed by atoms with E-state index >= 15 is 0 Å². The number of anilines is 2. The molecule has 3 rings (SSSR count). The Balaban J connectivity index is 1.71. The van der Waals surface area contributed by atoms with Crippen molar-refractivity contribution >= 4 is 22.8 Å². The van der Waals surface area contributed by atoms with Crippen molar-refractivity contribution in [2.75, 3.05) is 11.1 Å². The number of thiazole rings is 1. The van der Waals surface area contributed by atoms with Crippen molar-refractivity contribution in [2.24, 2.45) is 0 Å². The molecule has 3 aromatic rings. The Bertz CT molecular complexity index is 694. The summed E-state index contributed by atoms with van der Waals surface area (Å²) in [6.07, 6.45) is 3.54. The van der Waals surface area contributed by atoms with Crippen molar-refractivity contribution in [2.45, 2.75) is 6.54 Å². The molecule has 0 unspecified atom stereocenters. The first-order valence-electron chi connectivity index (χ1n) is 6.26. The fraction of sp³-hybridized carbons (Fsp3) is 0.0667. The lowest BCUT2D eigenvalue weighted by Crippen LogP contribution is -2.02. The summed E-state index contributed by atoms with van der Waals surface area (Å²) in [6, 6.07) is 11.7. The van der Waals surface area contributed by atoms with Crippen molar-refractivity contribution in [3.63, 3.8) is 0 Å². The standard InChI is InChI=1S/C15H14N4S/c16-13-4-2-1-3-12(13)9-18-14-10-20-15(19-14)11-5-7-17-8-6-11/h1-8,10,18H,9,16H2. The van der Waals surface area contributed by atoms with Gasteiger partial charge < -0.3 is 11.1 Å². The van der Waals surface area contributed by atoms with Crippen molar-refractivity contribution in [3.05, 3.63) is 59.7 Å². The van der Waals surface area contributed by atoms with E-state index in [2.05, 4.69) is 15.3 Å². The molecule has 2 aromatic heterocycles. The summed E-state index contributed by atoms with van der Waals surface area (Å²) in [5.74, 6) is 0.866. The van der Waals surface area contributed by atoms with Crippen molar-refractivity contribution in [3.8, 4) is 10.6 Å². The van der Waals surface area contributed by atoms with E-state index in [0.717, 1.165) is 27.6 Å². The molecule has 0 radical (unpaired) electrons. The highest BCUT2D eigenvalue weighted by atomic mass is 32.1. The second kappa shape index (κ2) is 5.71. The van der Waals surface area contributed by atoms with Crippen LogP contribution in [-0.4, -0.2) is 9.97 Å². The van der Waals surface area contributed by atoms with Gasteiger partial charge in [0, 0.05) is 35.6 Å². The molecule has 1 aromatic carbocycles. The zero-order chi connectivity index (χ0) is 13.8. The number of nitrogens with two attached hydrogens (primary N) is 1. The number of rotatable bonds is 4. The maximum atomic E-state index is 5.92. The van der Waals surface area contributed by atoms with Gasteiger partial charge in [-0.1, -0.05) is 18.2 Å². The largest absolute Gasteiger partial charge is 0.398 e. The Kier molecular flexibility index (Phi) is 3.60. The monoisotopic (exact) mass is 282 g/mol. The predicted octanol–water partition coefficient (Wildman–Crippen LogP) is 3.40. The van der Waals surface area contributed by atoms with Crippen LogP contribution in [0.3, 0.4) is 0 Å². The van der Waals surface area contributed by atoms with E-state index in [1.165, 1.54) is 0 Å². The number of aromatic nitrogens is 2. The van der Waals surface area contributed by atoms with Gasteiger partial charge in [-0.3, -0.25) is 4.98 Å². The number of nitrogens with one attached hydrogen (secondary N) is 1. The summed E-state index contributed by atoms with van der Waals surface area (Å²) < 4.78 is 0. The van der Waals surface area contributed by atoms with Gasteiger partial charge in [0.05, 0.1) is 0 Å². The molecule has 0 saturated heterocycles.